The van der Waals surface area contributed by atoms with Gasteiger partial charge >= 0.3 is 0 Å². The molecule has 2 aromatic carbocycles. The van der Waals surface area contributed by atoms with E-state index in [1.165, 1.54) is 0 Å². The summed E-state index contributed by atoms with van der Waals surface area (Å²) in [6, 6.07) is 11.3. The molecule has 1 aliphatic heterocycles. The summed E-state index contributed by atoms with van der Waals surface area (Å²) in [7, 11) is 0. The lowest BCUT2D eigenvalue weighted by Crippen LogP contribution is -2.14. The van der Waals surface area contributed by atoms with Crippen LogP contribution in [0.1, 0.15) is 29.7 Å². The number of halogens is 1. The number of benzene rings is 2. The van der Waals surface area contributed by atoms with Crippen LogP contribution >= 0.6 is 11.6 Å². The van der Waals surface area contributed by atoms with Crippen LogP contribution in [-0.4, -0.2) is 13.2 Å². The highest BCUT2D eigenvalue weighted by molar-refractivity contribution is 6.30. The minimum absolute atomic E-state index is 0.321. The molecule has 0 amide bonds. The van der Waals surface area contributed by atoms with E-state index in [1.54, 1.807) is 0 Å². The molecule has 1 unspecified atom stereocenters. The zero-order valence-electron chi connectivity index (χ0n) is 11.9. The van der Waals surface area contributed by atoms with Crippen molar-refractivity contribution < 1.29 is 9.47 Å². The fourth-order valence-electron chi connectivity index (χ4n) is 2.72. The van der Waals surface area contributed by atoms with Gasteiger partial charge in [-0.25, -0.2) is 0 Å². The lowest BCUT2D eigenvalue weighted by Gasteiger charge is -2.19. The van der Waals surface area contributed by atoms with Gasteiger partial charge in [0.05, 0.1) is 19.3 Å². The van der Waals surface area contributed by atoms with Gasteiger partial charge in [0.15, 0.2) is 0 Å². The Labute approximate surface area is 129 Å². The zero-order chi connectivity index (χ0) is 14.8. The second-order valence-electron chi connectivity index (χ2n) is 5.03. The Morgan fingerprint density at radius 2 is 2.10 bits per heavy atom. The van der Waals surface area contributed by atoms with Gasteiger partial charge in [0.25, 0.3) is 0 Å². The summed E-state index contributed by atoms with van der Waals surface area (Å²) < 4.78 is 11.4. The Morgan fingerprint density at radius 3 is 2.90 bits per heavy atom. The Hall–Kier alpha value is -1.71. The van der Waals surface area contributed by atoms with Gasteiger partial charge in [-0.2, -0.15) is 0 Å². The van der Waals surface area contributed by atoms with Gasteiger partial charge in [-0.05, 0) is 30.7 Å². The van der Waals surface area contributed by atoms with Gasteiger partial charge < -0.3 is 15.2 Å². The molecule has 1 atom stereocenters. The molecule has 3 rings (SSSR count). The van der Waals surface area contributed by atoms with E-state index in [9.17, 15) is 0 Å². The van der Waals surface area contributed by atoms with Crippen LogP contribution in [0.15, 0.2) is 36.4 Å². The predicted octanol–water partition coefficient (Wildman–Crippen LogP) is 3.72. The van der Waals surface area contributed by atoms with Crippen molar-refractivity contribution in [1.29, 1.82) is 0 Å². The lowest BCUT2D eigenvalue weighted by molar-refractivity contribution is 0.334. The summed E-state index contributed by atoms with van der Waals surface area (Å²) in [5.74, 6) is 1.68. The maximum Gasteiger partial charge on any atom is 0.127 e. The molecule has 0 bridgehead atoms. The number of fused-ring (bicyclic) bond motifs is 1. The van der Waals surface area contributed by atoms with E-state index in [2.05, 4.69) is 0 Å². The van der Waals surface area contributed by atoms with Crippen molar-refractivity contribution in [3.05, 3.63) is 58.1 Å². The first-order valence-electron chi connectivity index (χ1n) is 7.13. The minimum atomic E-state index is -0.321. The predicted molar refractivity (Wildman–Crippen MR) is 84.3 cm³/mol. The molecule has 2 aromatic rings. The first-order valence-corrected chi connectivity index (χ1v) is 7.51. The first-order chi connectivity index (χ1) is 10.2. The summed E-state index contributed by atoms with van der Waals surface area (Å²) in [5.41, 5.74) is 9.46. The molecule has 1 aliphatic rings. The monoisotopic (exact) mass is 303 g/mol. The molecule has 0 saturated heterocycles. The maximum absolute atomic E-state index is 6.47. The molecule has 0 spiro atoms. The summed E-state index contributed by atoms with van der Waals surface area (Å²) in [4.78, 5) is 0. The number of ether oxygens (including phenoxy) is 2. The van der Waals surface area contributed by atoms with Crippen LogP contribution < -0.4 is 15.2 Å². The molecule has 0 fully saturated rings. The zero-order valence-corrected chi connectivity index (χ0v) is 12.7. The number of para-hydroxylation sites is 1. The summed E-state index contributed by atoms with van der Waals surface area (Å²) in [5, 5.41) is 0.693. The van der Waals surface area contributed by atoms with Crippen molar-refractivity contribution in [2.24, 2.45) is 5.73 Å². The van der Waals surface area contributed by atoms with Gasteiger partial charge in [0.1, 0.15) is 11.5 Å². The third-order valence-electron chi connectivity index (χ3n) is 3.67. The van der Waals surface area contributed by atoms with Crippen LogP contribution in [0.3, 0.4) is 0 Å². The third kappa shape index (κ3) is 2.71. The molecule has 0 saturated carbocycles. The third-order valence-corrected chi connectivity index (χ3v) is 3.88. The number of hydrogen-bond acceptors (Lipinski definition) is 3. The van der Waals surface area contributed by atoms with E-state index in [4.69, 9.17) is 26.8 Å². The summed E-state index contributed by atoms with van der Waals surface area (Å²) >= 11 is 6.22. The van der Waals surface area contributed by atoms with Gasteiger partial charge in [-0.15, -0.1) is 0 Å². The van der Waals surface area contributed by atoms with E-state index < -0.39 is 0 Å². The Kier molecular flexibility index (Phi) is 4.04. The van der Waals surface area contributed by atoms with Crippen LogP contribution in [0.4, 0.5) is 0 Å². The molecule has 0 aromatic heterocycles. The Bertz CT molecular complexity index is 657. The SMILES string of the molecule is CCOc1ccccc1C(N)c1cc(Cl)cc2c1OCC2. The van der Waals surface area contributed by atoms with Gasteiger partial charge in [-0.1, -0.05) is 29.8 Å². The normalized spacial score (nSPS) is 14.4. The topological polar surface area (TPSA) is 44.5 Å². The second-order valence-corrected chi connectivity index (χ2v) is 5.47. The molecular formula is C17H18ClNO2. The van der Waals surface area contributed by atoms with E-state index in [0.29, 0.717) is 18.2 Å². The largest absolute Gasteiger partial charge is 0.494 e. The summed E-state index contributed by atoms with van der Waals surface area (Å²) in [6.07, 6.45) is 0.878. The molecule has 3 nitrogen and oxygen atoms in total. The molecule has 2 N–H and O–H groups in total. The van der Waals surface area contributed by atoms with Crippen LogP contribution in [-0.2, 0) is 6.42 Å². The van der Waals surface area contributed by atoms with Gasteiger partial charge in [-0.3, -0.25) is 0 Å². The van der Waals surface area contributed by atoms with Crippen molar-refractivity contribution in [1.82, 2.24) is 0 Å². The van der Waals surface area contributed by atoms with Crippen LogP contribution in [0, 0.1) is 0 Å². The van der Waals surface area contributed by atoms with Crippen LogP contribution in [0.25, 0.3) is 0 Å². The maximum atomic E-state index is 6.47. The second kappa shape index (κ2) is 5.96. The van der Waals surface area contributed by atoms with Crippen LogP contribution in [0.5, 0.6) is 11.5 Å². The smallest absolute Gasteiger partial charge is 0.127 e. The highest BCUT2D eigenvalue weighted by Gasteiger charge is 2.24. The van der Waals surface area contributed by atoms with E-state index in [0.717, 1.165) is 34.6 Å². The van der Waals surface area contributed by atoms with Gasteiger partial charge in [0.2, 0.25) is 0 Å². The van der Waals surface area contributed by atoms with E-state index in [-0.39, 0.29) is 6.04 Å². The number of nitrogens with two attached hydrogens (primary N) is 1. The molecular weight excluding hydrogens is 286 g/mol. The minimum Gasteiger partial charge on any atom is -0.494 e. The average molecular weight is 304 g/mol. The first kappa shape index (κ1) is 14.2. The highest BCUT2D eigenvalue weighted by atomic mass is 35.5. The Morgan fingerprint density at radius 1 is 1.29 bits per heavy atom. The van der Waals surface area contributed by atoms with Crippen molar-refractivity contribution in [3.8, 4) is 11.5 Å². The van der Waals surface area contributed by atoms with Crippen molar-refractivity contribution in [2.45, 2.75) is 19.4 Å². The van der Waals surface area contributed by atoms with Crippen molar-refractivity contribution in [3.63, 3.8) is 0 Å². The van der Waals surface area contributed by atoms with E-state index >= 15 is 0 Å². The molecule has 0 aliphatic carbocycles. The number of hydrogen-bond donors (Lipinski definition) is 1. The molecule has 110 valence electrons. The molecule has 1 heterocycles. The van der Waals surface area contributed by atoms with E-state index in [1.807, 2.05) is 43.3 Å². The fourth-order valence-corrected chi connectivity index (χ4v) is 2.97. The summed E-state index contributed by atoms with van der Waals surface area (Å²) in [6.45, 7) is 3.25. The Balaban J connectivity index is 2.05. The molecule has 21 heavy (non-hydrogen) atoms. The van der Waals surface area contributed by atoms with Crippen molar-refractivity contribution >= 4 is 11.6 Å². The fraction of sp³-hybridized carbons (Fsp3) is 0.294. The average Bonchev–Trinajstić information content (AvgIpc) is 2.94. The number of rotatable bonds is 4. The lowest BCUT2D eigenvalue weighted by atomic mass is 9.96. The standard InChI is InChI=1S/C17H18ClNO2/c1-2-20-15-6-4-3-5-13(15)16(19)14-10-12(18)9-11-7-8-21-17(11)14/h3-6,9-10,16H,2,7-8,19H2,1H3. The van der Waals surface area contributed by atoms with Crippen molar-refractivity contribution in [2.75, 3.05) is 13.2 Å². The van der Waals surface area contributed by atoms with Gasteiger partial charge in [0, 0.05) is 22.6 Å². The molecule has 0 radical (unpaired) electrons. The quantitative estimate of drug-likeness (QED) is 0.936. The van der Waals surface area contributed by atoms with Crippen LogP contribution in [0.2, 0.25) is 5.02 Å². The molecule has 4 heteroatoms. The highest BCUT2D eigenvalue weighted by Crippen LogP contribution is 2.39.